The van der Waals surface area contributed by atoms with Gasteiger partial charge in [-0.15, -0.1) is 0 Å². The Kier molecular flexibility index (Phi) is 12.8. The van der Waals surface area contributed by atoms with Gasteiger partial charge in [-0.2, -0.15) is 0 Å². The summed E-state index contributed by atoms with van der Waals surface area (Å²) in [7, 11) is 1.50. The molecule has 158 valence electrons. The van der Waals surface area contributed by atoms with Gasteiger partial charge in [0.25, 0.3) is 0 Å². The smallest absolute Gasteiger partial charge is 0.311 e. The van der Waals surface area contributed by atoms with Gasteiger partial charge in [-0.05, 0) is 25.0 Å². The van der Waals surface area contributed by atoms with Gasteiger partial charge in [0.1, 0.15) is 0 Å². The van der Waals surface area contributed by atoms with Crippen LogP contribution in [0.4, 0.5) is 0 Å². The van der Waals surface area contributed by atoms with Crippen molar-refractivity contribution in [2.75, 3.05) is 7.11 Å². The molecule has 0 spiro atoms. The molecule has 0 unspecified atom stereocenters. The molecule has 0 bridgehead atoms. The van der Waals surface area contributed by atoms with E-state index >= 15 is 0 Å². The van der Waals surface area contributed by atoms with Crippen LogP contribution in [0.15, 0.2) is 18.2 Å². The summed E-state index contributed by atoms with van der Waals surface area (Å²) < 4.78 is 16.2. The second-order valence-electron chi connectivity index (χ2n) is 7.06. The summed E-state index contributed by atoms with van der Waals surface area (Å²) in [6.45, 7) is 4.31. The van der Waals surface area contributed by atoms with Gasteiger partial charge in [-0.25, -0.2) is 0 Å². The number of hydrogen-bond donors (Lipinski definition) is 0. The number of para-hydroxylation sites is 1. The van der Waals surface area contributed by atoms with E-state index in [-0.39, 0.29) is 23.4 Å². The van der Waals surface area contributed by atoms with Crippen molar-refractivity contribution in [1.29, 1.82) is 0 Å². The average Bonchev–Trinajstić information content (AvgIpc) is 2.69. The predicted molar refractivity (Wildman–Crippen MR) is 111 cm³/mol. The minimum absolute atomic E-state index is 0.183. The zero-order valence-corrected chi connectivity index (χ0v) is 17.8. The number of rotatable bonds is 15. The highest BCUT2D eigenvalue weighted by atomic mass is 16.6. The Balaban J connectivity index is 2.59. The Morgan fingerprint density at radius 2 is 1.21 bits per heavy atom. The average molecular weight is 393 g/mol. The number of methoxy groups -OCH3 is 1. The van der Waals surface area contributed by atoms with Crippen molar-refractivity contribution < 1.29 is 23.8 Å². The lowest BCUT2D eigenvalue weighted by Crippen LogP contribution is -2.12. The highest BCUT2D eigenvalue weighted by molar-refractivity contribution is 5.77. The van der Waals surface area contributed by atoms with Crippen LogP contribution in [-0.2, 0) is 9.59 Å². The summed E-state index contributed by atoms with van der Waals surface area (Å²) in [4.78, 5) is 24.4. The molecule has 0 radical (unpaired) electrons. The molecule has 0 saturated carbocycles. The number of esters is 2. The van der Waals surface area contributed by atoms with Crippen LogP contribution >= 0.6 is 0 Å². The van der Waals surface area contributed by atoms with Crippen LogP contribution in [-0.4, -0.2) is 19.0 Å². The maximum absolute atomic E-state index is 12.2. The van der Waals surface area contributed by atoms with Gasteiger partial charge in [0, 0.05) is 12.8 Å². The predicted octanol–water partition coefficient (Wildman–Crippen LogP) is 6.23. The first-order valence-electron chi connectivity index (χ1n) is 10.7. The monoisotopic (exact) mass is 392 g/mol. The molecule has 0 fully saturated rings. The lowest BCUT2D eigenvalue weighted by molar-refractivity contribution is -0.137. The van der Waals surface area contributed by atoms with Gasteiger partial charge in [-0.1, -0.05) is 71.3 Å². The van der Waals surface area contributed by atoms with Crippen molar-refractivity contribution in [3.05, 3.63) is 18.2 Å². The molecule has 0 N–H and O–H groups in total. The minimum Gasteiger partial charge on any atom is -0.493 e. The third kappa shape index (κ3) is 9.77. The molecule has 28 heavy (non-hydrogen) atoms. The maximum Gasteiger partial charge on any atom is 0.311 e. The number of ether oxygens (including phenoxy) is 3. The van der Waals surface area contributed by atoms with Crippen molar-refractivity contribution in [3.63, 3.8) is 0 Å². The number of benzene rings is 1. The van der Waals surface area contributed by atoms with Crippen molar-refractivity contribution in [2.45, 2.75) is 90.9 Å². The van der Waals surface area contributed by atoms with E-state index in [9.17, 15) is 9.59 Å². The van der Waals surface area contributed by atoms with Crippen molar-refractivity contribution in [2.24, 2.45) is 0 Å². The molecular weight excluding hydrogens is 356 g/mol. The van der Waals surface area contributed by atoms with Crippen LogP contribution in [0.2, 0.25) is 0 Å². The quantitative estimate of drug-likeness (QED) is 0.201. The zero-order chi connectivity index (χ0) is 20.6. The van der Waals surface area contributed by atoms with E-state index in [2.05, 4.69) is 13.8 Å². The first-order chi connectivity index (χ1) is 13.6. The molecule has 0 heterocycles. The Labute approximate surface area is 169 Å². The van der Waals surface area contributed by atoms with Crippen LogP contribution in [0.1, 0.15) is 90.9 Å². The Morgan fingerprint density at radius 3 is 1.75 bits per heavy atom. The van der Waals surface area contributed by atoms with Crippen molar-refractivity contribution >= 4 is 11.9 Å². The first kappa shape index (κ1) is 24.0. The van der Waals surface area contributed by atoms with Crippen LogP contribution in [0.5, 0.6) is 17.2 Å². The van der Waals surface area contributed by atoms with Crippen LogP contribution in [0, 0.1) is 0 Å². The van der Waals surface area contributed by atoms with Gasteiger partial charge in [0.2, 0.25) is 5.75 Å². The maximum atomic E-state index is 12.2. The molecule has 1 aromatic carbocycles. The SMILES string of the molecule is CCCCCCCC(=O)Oc1cccc(OC)c1OC(=O)CCCCCCC. The van der Waals surface area contributed by atoms with Gasteiger partial charge in [0.15, 0.2) is 11.5 Å². The molecule has 0 aromatic heterocycles. The highest BCUT2D eigenvalue weighted by Crippen LogP contribution is 2.37. The number of unbranched alkanes of at least 4 members (excludes halogenated alkanes) is 8. The Morgan fingerprint density at radius 1 is 0.714 bits per heavy atom. The normalized spacial score (nSPS) is 10.5. The summed E-state index contributed by atoms with van der Waals surface area (Å²) in [5.74, 6) is 0.146. The van der Waals surface area contributed by atoms with Gasteiger partial charge in [-0.3, -0.25) is 9.59 Å². The molecule has 0 amide bonds. The third-order valence-electron chi connectivity index (χ3n) is 4.57. The van der Waals surface area contributed by atoms with Gasteiger partial charge >= 0.3 is 11.9 Å². The van der Waals surface area contributed by atoms with E-state index in [1.54, 1.807) is 18.2 Å². The fourth-order valence-corrected chi connectivity index (χ4v) is 2.92. The van der Waals surface area contributed by atoms with Crippen LogP contribution in [0.25, 0.3) is 0 Å². The molecular formula is C23H36O5. The number of carbonyl (C=O) groups is 2. The second kappa shape index (κ2) is 14.9. The third-order valence-corrected chi connectivity index (χ3v) is 4.57. The molecule has 1 rings (SSSR count). The van der Waals surface area contributed by atoms with E-state index < -0.39 is 0 Å². The van der Waals surface area contributed by atoms with Crippen molar-refractivity contribution in [3.8, 4) is 17.2 Å². The molecule has 0 aliphatic heterocycles. The molecule has 5 heteroatoms. The molecule has 0 atom stereocenters. The lowest BCUT2D eigenvalue weighted by Gasteiger charge is -2.13. The standard InChI is InChI=1S/C23H36O5/c1-4-6-8-10-12-17-21(24)27-20-16-14-15-19(26-3)23(20)28-22(25)18-13-11-9-7-5-2/h14-16H,4-13,17-18H2,1-3H3. The van der Waals surface area contributed by atoms with E-state index in [0.29, 0.717) is 18.6 Å². The largest absolute Gasteiger partial charge is 0.493 e. The van der Waals surface area contributed by atoms with E-state index in [1.165, 1.54) is 32.8 Å². The Hall–Kier alpha value is -2.04. The number of carbonyl (C=O) groups excluding carboxylic acids is 2. The zero-order valence-electron chi connectivity index (χ0n) is 17.8. The summed E-state index contributed by atoms with van der Waals surface area (Å²) in [6.07, 6.45) is 11.3. The number of hydrogen-bond acceptors (Lipinski definition) is 5. The minimum atomic E-state index is -0.335. The van der Waals surface area contributed by atoms with Crippen molar-refractivity contribution in [1.82, 2.24) is 0 Å². The first-order valence-corrected chi connectivity index (χ1v) is 10.7. The topological polar surface area (TPSA) is 61.8 Å². The van der Waals surface area contributed by atoms with Crippen LogP contribution in [0.3, 0.4) is 0 Å². The second-order valence-corrected chi connectivity index (χ2v) is 7.06. The summed E-state index contributed by atoms with van der Waals surface area (Å²) in [6, 6.07) is 5.03. The molecule has 1 aromatic rings. The van der Waals surface area contributed by atoms with Gasteiger partial charge < -0.3 is 14.2 Å². The van der Waals surface area contributed by atoms with Gasteiger partial charge in [0.05, 0.1) is 7.11 Å². The van der Waals surface area contributed by atoms with E-state index in [4.69, 9.17) is 14.2 Å². The molecule has 5 nitrogen and oxygen atoms in total. The van der Waals surface area contributed by atoms with E-state index in [1.807, 2.05) is 0 Å². The fraction of sp³-hybridized carbons (Fsp3) is 0.652. The fourth-order valence-electron chi connectivity index (χ4n) is 2.92. The Bertz CT molecular complexity index is 582. The summed E-state index contributed by atoms with van der Waals surface area (Å²) in [5, 5.41) is 0. The summed E-state index contributed by atoms with van der Waals surface area (Å²) >= 11 is 0. The molecule has 0 aliphatic rings. The molecule has 0 aliphatic carbocycles. The summed E-state index contributed by atoms with van der Waals surface area (Å²) in [5.41, 5.74) is 0. The van der Waals surface area contributed by atoms with Crippen LogP contribution < -0.4 is 14.2 Å². The van der Waals surface area contributed by atoms with E-state index in [0.717, 1.165) is 38.5 Å². The lowest BCUT2D eigenvalue weighted by atomic mass is 10.1. The highest BCUT2D eigenvalue weighted by Gasteiger charge is 2.18. The molecule has 0 saturated heterocycles.